The van der Waals surface area contributed by atoms with E-state index in [2.05, 4.69) is 21.8 Å². The number of nitrogens with zero attached hydrogens (tertiary/aromatic N) is 2. The molecule has 1 saturated heterocycles. The standard InChI is InChI=1S/C14H20N4OS.ClH/c1-9(15)11-4-2-3-6-18(11)8-12-16-10-5-7-20-13(10)14(19)17-12;/h5,7,9,11H,2-4,6,8,15H2,1H3,(H,16,17,19);1H. The number of H-pyrrole nitrogens is 1. The Kier molecular flexibility index (Phi) is 5.37. The number of aromatic amines is 1. The van der Waals surface area contributed by atoms with E-state index >= 15 is 0 Å². The van der Waals surface area contributed by atoms with Crippen LogP contribution in [-0.2, 0) is 6.54 Å². The molecule has 1 fully saturated rings. The van der Waals surface area contributed by atoms with Gasteiger partial charge in [-0.2, -0.15) is 0 Å². The van der Waals surface area contributed by atoms with Crippen LogP contribution in [0.1, 0.15) is 32.0 Å². The third kappa shape index (κ3) is 3.45. The number of hydrogen-bond donors (Lipinski definition) is 2. The highest BCUT2D eigenvalue weighted by Gasteiger charge is 2.26. The van der Waals surface area contributed by atoms with E-state index in [9.17, 15) is 4.79 Å². The summed E-state index contributed by atoms with van der Waals surface area (Å²) in [6.07, 6.45) is 3.55. The van der Waals surface area contributed by atoms with Crippen molar-refractivity contribution in [3.05, 3.63) is 27.6 Å². The lowest BCUT2D eigenvalue weighted by atomic mass is 9.97. The number of piperidine rings is 1. The van der Waals surface area contributed by atoms with Gasteiger partial charge in [-0.3, -0.25) is 9.69 Å². The number of thiophene rings is 1. The maximum Gasteiger partial charge on any atom is 0.268 e. The number of likely N-dealkylation sites (tertiary alicyclic amines) is 1. The van der Waals surface area contributed by atoms with Crippen LogP contribution in [0.4, 0.5) is 0 Å². The van der Waals surface area contributed by atoms with Gasteiger partial charge in [0.1, 0.15) is 10.5 Å². The summed E-state index contributed by atoms with van der Waals surface area (Å²) in [5, 5.41) is 1.91. The van der Waals surface area contributed by atoms with Crippen LogP contribution < -0.4 is 11.3 Å². The van der Waals surface area contributed by atoms with Gasteiger partial charge in [0, 0.05) is 12.1 Å². The van der Waals surface area contributed by atoms with Gasteiger partial charge in [-0.05, 0) is 37.8 Å². The molecule has 3 rings (SSSR count). The first-order valence-electron chi connectivity index (χ1n) is 7.11. The lowest BCUT2D eigenvalue weighted by Crippen LogP contribution is -2.48. The normalized spacial score (nSPS) is 21.1. The fourth-order valence-corrected chi connectivity index (χ4v) is 3.72. The Morgan fingerprint density at radius 1 is 1.57 bits per heavy atom. The molecular formula is C14H21ClN4OS. The molecule has 1 aliphatic heterocycles. The topological polar surface area (TPSA) is 75.0 Å². The third-order valence-electron chi connectivity index (χ3n) is 3.99. The first kappa shape index (κ1) is 16.4. The smallest absolute Gasteiger partial charge is 0.268 e. The van der Waals surface area contributed by atoms with Crippen molar-refractivity contribution in [2.24, 2.45) is 5.73 Å². The third-order valence-corrected chi connectivity index (χ3v) is 4.89. The molecule has 3 heterocycles. The number of hydrogen-bond acceptors (Lipinski definition) is 5. The summed E-state index contributed by atoms with van der Waals surface area (Å²) in [6.45, 7) is 3.76. The lowest BCUT2D eigenvalue weighted by Gasteiger charge is -2.37. The van der Waals surface area contributed by atoms with E-state index in [1.165, 1.54) is 24.2 Å². The van der Waals surface area contributed by atoms with Crippen LogP contribution in [-0.4, -0.2) is 33.5 Å². The predicted octanol–water partition coefficient (Wildman–Crippen LogP) is 2.11. The first-order valence-corrected chi connectivity index (χ1v) is 7.99. The SMILES string of the molecule is CC(N)C1CCCCN1Cc1nc2ccsc2c(=O)[nH]1.Cl. The molecule has 0 aliphatic carbocycles. The highest BCUT2D eigenvalue weighted by atomic mass is 35.5. The minimum atomic E-state index is -0.0330. The summed E-state index contributed by atoms with van der Waals surface area (Å²) < 4.78 is 0.705. The Labute approximate surface area is 134 Å². The summed E-state index contributed by atoms with van der Waals surface area (Å²) in [5.41, 5.74) is 6.84. The molecule has 5 nitrogen and oxygen atoms in total. The van der Waals surface area contributed by atoms with Gasteiger partial charge in [-0.15, -0.1) is 23.7 Å². The van der Waals surface area contributed by atoms with E-state index in [4.69, 9.17) is 5.73 Å². The molecule has 0 spiro atoms. The second-order valence-electron chi connectivity index (χ2n) is 5.54. The molecule has 0 bridgehead atoms. The van der Waals surface area contributed by atoms with Crippen molar-refractivity contribution in [2.45, 2.75) is 44.8 Å². The van der Waals surface area contributed by atoms with Gasteiger partial charge >= 0.3 is 0 Å². The largest absolute Gasteiger partial charge is 0.327 e. The summed E-state index contributed by atoms with van der Waals surface area (Å²) in [5.74, 6) is 0.744. The van der Waals surface area contributed by atoms with Crippen LogP contribution in [0.2, 0.25) is 0 Å². The number of nitrogens with one attached hydrogen (secondary N) is 1. The number of rotatable bonds is 3. The van der Waals surface area contributed by atoms with Gasteiger partial charge in [-0.25, -0.2) is 4.98 Å². The minimum Gasteiger partial charge on any atom is -0.327 e. The highest BCUT2D eigenvalue weighted by Crippen LogP contribution is 2.21. The lowest BCUT2D eigenvalue weighted by molar-refractivity contribution is 0.120. The van der Waals surface area contributed by atoms with Gasteiger partial charge in [-0.1, -0.05) is 6.42 Å². The number of nitrogens with two attached hydrogens (primary N) is 1. The van der Waals surface area contributed by atoms with E-state index < -0.39 is 0 Å². The summed E-state index contributed by atoms with van der Waals surface area (Å²) in [6, 6.07) is 2.43. The number of fused-ring (bicyclic) bond motifs is 1. The number of halogens is 1. The molecule has 0 radical (unpaired) electrons. The zero-order valence-corrected chi connectivity index (χ0v) is 13.7. The Hall–Kier alpha value is -0.950. The highest BCUT2D eigenvalue weighted by molar-refractivity contribution is 7.17. The molecule has 0 amide bonds. The molecule has 21 heavy (non-hydrogen) atoms. The van der Waals surface area contributed by atoms with Gasteiger partial charge in [0.2, 0.25) is 0 Å². The molecule has 2 aromatic rings. The molecule has 116 valence electrons. The molecule has 2 atom stereocenters. The minimum absolute atomic E-state index is 0. The van der Waals surface area contributed by atoms with Crippen molar-refractivity contribution in [3.8, 4) is 0 Å². The summed E-state index contributed by atoms with van der Waals surface area (Å²) in [7, 11) is 0. The van der Waals surface area contributed by atoms with Crippen molar-refractivity contribution in [3.63, 3.8) is 0 Å². The molecule has 1 aliphatic rings. The van der Waals surface area contributed by atoms with E-state index in [1.807, 2.05) is 11.4 Å². The van der Waals surface area contributed by atoms with Crippen LogP contribution in [0.25, 0.3) is 10.2 Å². The Bertz CT molecular complexity index is 654. The van der Waals surface area contributed by atoms with Crippen LogP contribution >= 0.6 is 23.7 Å². The Morgan fingerprint density at radius 3 is 3.14 bits per heavy atom. The first-order chi connectivity index (χ1) is 9.65. The van der Waals surface area contributed by atoms with Crippen LogP contribution in [0.3, 0.4) is 0 Å². The fourth-order valence-electron chi connectivity index (χ4n) is 3.00. The molecular weight excluding hydrogens is 308 g/mol. The maximum atomic E-state index is 12.0. The monoisotopic (exact) mass is 328 g/mol. The molecule has 0 saturated carbocycles. The average molecular weight is 329 g/mol. The summed E-state index contributed by atoms with van der Waals surface area (Å²) >= 11 is 1.43. The molecule has 7 heteroatoms. The van der Waals surface area contributed by atoms with Gasteiger partial charge in [0.15, 0.2) is 0 Å². The van der Waals surface area contributed by atoms with Crippen LogP contribution in [0.15, 0.2) is 16.2 Å². The Balaban J connectivity index is 0.00000161. The predicted molar refractivity (Wildman–Crippen MR) is 89.2 cm³/mol. The molecule has 0 aromatic carbocycles. The summed E-state index contributed by atoms with van der Waals surface area (Å²) in [4.78, 5) is 21.8. The number of aromatic nitrogens is 2. The second-order valence-corrected chi connectivity index (χ2v) is 6.46. The van der Waals surface area contributed by atoms with E-state index in [0.29, 0.717) is 17.3 Å². The van der Waals surface area contributed by atoms with E-state index in [-0.39, 0.29) is 24.0 Å². The Morgan fingerprint density at radius 2 is 2.38 bits per heavy atom. The van der Waals surface area contributed by atoms with Crippen molar-refractivity contribution in [1.82, 2.24) is 14.9 Å². The van der Waals surface area contributed by atoms with Crippen molar-refractivity contribution in [2.75, 3.05) is 6.54 Å². The molecule has 2 unspecified atom stereocenters. The van der Waals surface area contributed by atoms with Gasteiger partial charge < -0.3 is 10.7 Å². The van der Waals surface area contributed by atoms with Crippen molar-refractivity contribution in [1.29, 1.82) is 0 Å². The fraction of sp³-hybridized carbons (Fsp3) is 0.571. The second kappa shape index (κ2) is 6.87. The molecule has 2 aromatic heterocycles. The van der Waals surface area contributed by atoms with Crippen LogP contribution in [0.5, 0.6) is 0 Å². The van der Waals surface area contributed by atoms with E-state index in [1.54, 1.807) is 0 Å². The zero-order chi connectivity index (χ0) is 14.1. The van der Waals surface area contributed by atoms with Crippen molar-refractivity contribution < 1.29 is 0 Å². The van der Waals surface area contributed by atoms with Gasteiger partial charge in [0.05, 0.1) is 12.1 Å². The molecule has 3 N–H and O–H groups in total. The maximum absolute atomic E-state index is 12.0. The van der Waals surface area contributed by atoms with E-state index in [0.717, 1.165) is 24.3 Å². The van der Waals surface area contributed by atoms with Crippen LogP contribution in [0, 0.1) is 0 Å². The zero-order valence-electron chi connectivity index (χ0n) is 12.0. The quantitative estimate of drug-likeness (QED) is 0.905. The average Bonchev–Trinajstić information content (AvgIpc) is 2.88. The van der Waals surface area contributed by atoms with Gasteiger partial charge in [0.25, 0.3) is 5.56 Å². The van der Waals surface area contributed by atoms with Crippen molar-refractivity contribution >= 4 is 34.0 Å².